The molecule has 2 nitrogen and oxygen atoms in total. The summed E-state index contributed by atoms with van der Waals surface area (Å²) in [5.41, 5.74) is 2.66. The van der Waals surface area contributed by atoms with Gasteiger partial charge in [0, 0.05) is 6.54 Å². The molecule has 0 saturated carbocycles. The fourth-order valence-corrected chi connectivity index (χ4v) is 2.74. The monoisotopic (exact) mass is 237 g/mol. The first-order valence-electron chi connectivity index (χ1n) is 6.22. The van der Waals surface area contributed by atoms with E-state index in [4.69, 9.17) is 0 Å². The number of carbonyl (C=O) groups excluding carboxylic acids is 1. The van der Waals surface area contributed by atoms with Crippen molar-refractivity contribution >= 4 is 6.29 Å². The molecule has 1 aliphatic rings. The first-order chi connectivity index (χ1) is 8.87. The smallest absolute Gasteiger partial charge is 0.149 e. The van der Waals surface area contributed by atoms with Gasteiger partial charge in [-0.1, -0.05) is 54.6 Å². The Morgan fingerprint density at radius 2 is 1.72 bits per heavy atom. The molecular weight excluding hydrogens is 222 g/mol. The van der Waals surface area contributed by atoms with Gasteiger partial charge in [-0.25, -0.2) is 0 Å². The van der Waals surface area contributed by atoms with Crippen molar-refractivity contribution in [2.24, 2.45) is 0 Å². The highest BCUT2D eigenvalue weighted by Gasteiger charge is 2.37. The minimum atomic E-state index is -0.684. The molecule has 0 spiro atoms. The fraction of sp³-hybridized carbons (Fsp3) is 0.188. The average molecular weight is 237 g/mol. The summed E-state index contributed by atoms with van der Waals surface area (Å²) in [5, 5.41) is 3.39. The lowest BCUT2D eigenvalue weighted by molar-refractivity contribution is -0.112. The second-order valence-electron chi connectivity index (χ2n) is 4.63. The minimum Gasteiger partial charge on any atom is -0.301 e. The molecular formula is C16H15NO. The maximum atomic E-state index is 11.8. The van der Waals surface area contributed by atoms with E-state index in [0.29, 0.717) is 0 Å². The molecule has 2 heteroatoms. The lowest BCUT2D eigenvalue weighted by Gasteiger charge is -2.36. The molecule has 0 radical (unpaired) electrons. The van der Waals surface area contributed by atoms with E-state index in [1.165, 1.54) is 5.56 Å². The summed E-state index contributed by atoms with van der Waals surface area (Å²) in [7, 11) is 0. The molecule has 1 atom stereocenters. The van der Waals surface area contributed by atoms with Crippen molar-refractivity contribution in [1.29, 1.82) is 0 Å². The van der Waals surface area contributed by atoms with Gasteiger partial charge in [-0.2, -0.15) is 0 Å². The second-order valence-corrected chi connectivity index (χ2v) is 4.63. The molecule has 90 valence electrons. The molecule has 1 heterocycles. The number of rotatable bonds is 2. The third kappa shape index (κ3) is 1.57. The molecule has 0 unspecified atom stereocenters. The number of carbonyl (C=O) groups is 1. The first kappa shape index (κ1) is 11.2. The van der Waals surface area contributed by atoms with Gasteiger partial charge in [0.1, 0.15) is 11.8 Å². The van der Waals surface area contributed by atoms with E-state index in [0.717, 1.165) is 30.4 Å². The van der Waals surface area contributed by atoms with E-state index in [9.17, 15) is 4.79 Å². The summed E-state index contributed by atoms with van der Waals surface area (Å²) < 4.78 is 0. The van der Waals surface area contributed by atoms with E-state index >= 15 is 0 Å². The predicted molar refractivity (Wildman–Crippen MR) is 71.4 cm³/mol. The zero-order chi connectivity index (χ0) is 12.4. The van der Waals surface area contributed by atoms with Gasteiger partial charge >= 0.3 is 0 Å². The number of hydrogen-bond donors (Lipinski definition) is 1. The zero-order valence-electron chi connectivity index (χ0n) is 10.1. The topological polar surface area (TPSA) is 29.1 Å². The van der Waals surface area contributed by atoms with Crippen LogP contribution in [0.25, 0.3) is 0 Å². The standard InChI is InChI=1S/C16H15NO/c18-12-16(14-7-2-1-3-8-14)15-9-5-4-6-13(15)10-11-17-16/h1-9,12,17H,10-11H2/t16-/m0/s1. The summed E-state index contributed by atoms with van der Waals surface area (Å²) in [5.74, 6) is 0. The molecule has 0 saturated heterocycles. The van der Waals surface area contributed by atoms with Gasteiger partial charge in [0.15, 0.2) is 0 Å². The van der Waals surface area contributed by atoms with Gasteiger partial charge in [-0.3, -0.25) is 5.32 Å². The van der Waals surface area contributed by atoms with Crippen LogP contribution in [0.4, 0.5) is 0 Å². The summed E-state index contributed by atoms with van der Waals surface area (Å²) in [6.45, 7) is 0.824. The Bertz CT molecular complexity index is 564. The molecule has 2 aromatic rings. The van der Waals surface area contributed by atoms with Gasteiger partial charge in [0.25, 0.3) is 0 Å². The SMILES string of the molecule is O=C[C@@]1(c2ccccc2)NCCc2ccccc21. The van der Waals surface area contributed by atoms with E-state index in [2.05, 4.69) is 11.4 Å². The second kappa shape index (κ2) is 4.39. The molecule has 18 heavy (non-hydrogen) atoms. The molecule has 3 rings (SSSR count). The summed E-state index contributed by atoms with van der Waals surface area (Å²) in [6, 6.07) is 18.1. The molecule has 1 aliphatic heterocycles. The van der Waals surface area contributed by atoms with Crippen LogP contribution in [-0.4, -0.2) is 12.8 Å². The molecule has 0 aromatic heterocycles. The van der Waals surface area contributed by atoms with Crippen molar-refractivity contribution in [3.05, 3.63) is 71.3 Å². The number of aldehydes is 1. The van der Waals surface area contributed by atoms with Crippen LogP contribution >= 0.6 is 0 Å². The highest BCUT2D eigenvalue weighted by atomic mass is 16.1. The number of fused-ring (bicyclic) bond motifs is 1. The van der Waals surface area contributed by atoms with Crippen LogP contribution in [0.5, 0.6) is 0 Å². The van der Waals surface area contributed by atoms with Crippen molar-refractivity contribution in [2.75, 3.05) is 6.54 Å². The summed E-state index contributed by atoms with van der Waals surface area (Å²) >= 11 is 0. The van der Waals surface area contributed by atoms with Crippen LogP contribution in [0, 0.1) is 0 Å². The highest BCUT2D eigenvalue weighted by Crippen LogP contribution is 2.33. The Kier molecular flexibility index (Phi) is 2.73. The first-order valence-corrected chi connectivity index (χ1v) is 6.22. The average Bonchev–Trinajstić information content (AvgIpc) is 2.47. The van der Waals surface area contributed by atoms with Crippen LogP contribution in [0.1, 0.15) is 16.7 Å². The maximum absolute atomic E-state index is 11.8. The van der Waals surface area contributed by atoms with Crippen molar-refractivity contribution in [2.45, 2.75) is 12.0 Å². The summed E-state index contributed by atoms with van der Waals surface area (Å²) in [4.78, 5) is 11.8. The predicted octanol–water partition coefficient (Wildman–Crippen LogP) is 2.27. The third-order valence-corrected chi connectivity index (χ3v) is 3.65. The van der Waals surface area contributed by atoms with Crippen LogP contribution < -0.4 is 5.32 Å². The van der Waals surface area contributed by atoms with E-state index in [1.54, 1.807) is 0 Å². The van der Waals surface area contributed by atoms with Gasteiger partial charge in [0.2, 0.25) is 0 Å². The zero-order valence-corrected chi connectivity index (χ0v) is 10.1. The molecule has 0 bridgehead atoms. The Labute approximate surface area is 107 Å². The number of benzene rings is 2. The van der Waals surface area contributed by atoms with Crippen LogP contribution in [0.3, 0.4) is 0 Å². The molecule has 0 amide bonds. The van der Waals surface area contributed by atoms with Gasteiger partial charge < -0.3 is 4.79 Å². The Morgan fingerprint density at radius 3 is 2.50 bits per heavy atom. The molecule has 1 N–H and O–H groups in total. The fourth-order valence-electron chi connectivity index (χ4n) is 2.74. The van der Waals surface area contributed by atoms with Crippen molar-refractivity contribution in [3.8, 4) is 0 Å². The quantitative estimate of drug-likeness (QED) is 0.812. The van der Waals surface area contributed by atoms with E-state index < -0.39 is 5.54 Å². The Morgan fingerprint density at radius 1 is 1.00 bits per heavy atom. The van der Waals surface area contributed by atoms with E-state index in [-0.39, 0.29) is 0 Å². The van der Waals surface area contributed by atoms with E-state index in [1.807, 2.05) is 48.5 Å². The number of hydrogen-bond acceptors (Lipinski definition) is 2. The molecule has 0 fully saturated rings. The van der Waals surface area contributed by atoms with Crippen LogP contribution in [0.2, 0.25) is 0 Å². The lowest BCUT2D eigenvalue weighted by Crippen LogP contribution is -2.49. The molecule has 0 aliphatic carbocycles. The Hall–Kier alpha value is -1.93. The van der Waals surface area contributed by atoms with Gasteiger partial charge in [-0.15, -0.1) is 0 Å². The third-order valence-electron chi connectivity index (χ3n) is 3.65. The maximum Gasteiger partial charge on any atom is 0.149 e. The van der Waals surface area contributed by atoms with Gasteiger partial charge in [-0.05, 0) is 23.1 Å². The van der Waals surface area contributed by atoms with Gasteiger partial charge in [0.05, 0.1) is 0 Å². The normalized spacial score (nSPS) is 22.2. The minimum absolute atomic E-state index is 0.684. The Balaban J connectivity index is 2.23. The van der Waals surface area contributed by atoms with Crippen LogP contribution in [-0.2, 0) is 16.8 Å². The van der Waals surface area contributed by atoms with Crippen molar-refractivity contribution in [1.82, 2.24) is 5.32 Å². The van der Waals surface area contributed by atoms with Crippen molar-refractivity contribution < 1.29 is 4.79 Å². The summed E-state index contributed by atoms with van der Waals surface area (Å²) in [6.07, 6.45) is 2.00. The largest absolute Gasteiger partial charge is 0.301 e. The van der Waals surface area contributed by atoms with Crippen LogP contribution in [0.15, 0.2) is 54.6 Å². The van der Waals surface area contributed by atoms with Crippen molar-refractivity contribution in [3.63, 3.8) is 0 Å². The number of nitrogens with one attached hydrogen (secondary N) is 1. The highest BCUT2D eigenvalue weighted by molar-refractivity contribution is 5.75. The molecule has 2 aromatic carbocycles. The lowest BCUT2D eigenvalue weighted by atomic mass is 9.78.